The number of nitrogens with two attached hydrogens (primary N) is 1. The zero-order chi connectivity index (χ0) is 14.6. The van der Waals surface area contributed by atoms with E-state index in [1.165, 1.54) is 11.3 Å². The predicted molar refractivity (Wildman–Crippen MR) is 87.3 cm³/mol. The van der Waals surface area contributed by atoms with Crippen LogP contribution in [-0.2, 0) is 0 Å². The van der Waals surface area contributed by atoms with Gasteiger partial charge in [-0.2, -0.15) is 11.8 Å². The van der Waals surface area contributed by atoms with Gasteiger partial charge in [-0.05, 0) is 18.6 Å². The predicted octanol–water partition coefficient (Wildman–Crippen LogP) is 2.42. The fourth-order valence-electron chi connectivity index (χ4n) is 2.04. The summed E-state index contributed by atoms with van der Waals surface area (Å²) >= 11 is 3.40. The van der Waals surface area contributed by atoms with Gasteiger partial charge in [-0.3, -0.25) is 4.79 Å². The van der Waals surface area contributed by atoms with E-state index < -0.39 is 0 Å². The van der Waals surface area contributed by atoms with Crippen LogP contribution in [0.25, 0.3) is 0 Å². The molecular formula is C15H20N2OS2. The Labute approximate surface area is 128 Å². The third-order valence-corrected chi connectivity index (χ3v) is 5.62. The van der Waals surface area contributed by atoms with E-state index in [2.05, 4.69) is 25.7 Å². The minimum absolute atomic E-state index is 0.133. The molecule has 0 radical (unpaired) electrons. The summed E-state index contributed by atoms with van der Waals surface area (Å²) in [5.74, 6) is 6.93. The van der Waals surface area contributed by atoms with Gasteiger partial charge in [0.1, 0.15) is 0 Å². The van der Waals surface area contributed by atoms with Crippen LogP contribution >= 0.6 is 23.1 Å². The third kappa shape index (κ3) is 4.02. The van der Waals surface area contributed by atoms with E-state index in [4.69, 9.17) is 5.73 Å². The smallest absolute Gasteiger partial charge is 0.263 e. The van der Waals surface area contributed by atoms with Gasteiger partial charge < -0.3 is 10.6 Å². The fourth-order valence-corrected chi connectivity index (χ4v) is 3.99. The van der Waals surface area contributed by atoms with Crippen molar-refractivity contribution in [2.75, 3.05) is 25.4 Å². The molecule has 1 fully saturated rings. The van der Waals surface area contributed by atoms with Gasteiger partial charge in [-0.1, -0.05) is 25.7 Å². The zero-order valence-corrected chi connectivity index (χ0v) is 13.6. The van der Waals surface area contributed by atoms with Crippen molar-refractivity contribution < 1.29 is 4.79 Å². The Bertz CT molecular complexity index is 540. The lowest BCUT2D eigenvalue weighted by Gasteiger charge is -2.22. The van der Waals surface area contributed by atoms with E-state index in [0.29, 0.717) is 6.54 Å². The van der Waals surface area contributed by atoms with Gasteiger partial charge in [0.15, 0.2) is 0 Å². The molecule has 1 aliphatic rings. The maximum Gasteiger partial charge on any atom is 0.263 e. The second-order valence-corrected chi connectivity index (χ2v) is 8.21. The highest BCUT2D eigenvalue weighted by atomic mass is 32.2. The molecule has 2 heterocycles. The molecule has 2 N–H and O–H groups in total. The normalized spacial score (nSPS) is 18.1. The van der Waals surface area contributed by atoms with E-state index in [1.807, 2.05) is 28.8 Å². The molecule has 0 aliphatic carbocycles. The maximum absolute atomic E-state index is 12.5. The first-order chi connectivity index (χ1) is 9.52. The number of rotatable bonds is 1. The van der Waals surface area contributed by atoms with Crippen LogP contribution in [-0.4, -0.2) is 40.9 Å². The standard InChI is InChI=1S/C15H20N2OS2/c1-15(2)7-9-17(10-11-19-15)14(18)13-6-5-12(20-13)4-3-8-16/h5-6H,7-11,16H2,1-2H3. The molecule has 0 bridgehead atoms. The molecule has 0 aromatic carbocycles. The molecule has 0 atom stereocenters. The summed E-state index contributed by atoms with van der Waals surface area (Å²) in [7, 11) is 0. The fraction of sp³-hybridized carbons (Fsp3) is 0.533. The molecule has 3 nitrogen and oxygen atoms in total. The Morgan fingerprint density at radius 3 is 3.00 bits per heavy atom. The topological polar surface area (TPSA) is 46.3 Å². The Hall–Kier alpha value is -0.960. The molecule has 1 aromatic heterocycles. The van der Waals surface area contributed by atoms with E-state index in [-0.39, 0.29) is 10.7 Å². The van der Waals surface area contributed by atoms with Gasteiger partial charge in [-0.25, -0.2) is 0 Å². The van der Waals surface area contributed by atoms with Crippen LogP contribution in [0.1, 0.15) is 34.8 Å². The maximum atomic E-state index is 12.5. The van der Waals surface area contributed by atoms with E-state index in [0.717, 1.165) is 35.0 Å². The summed E-state index contributed by atoms with van der Waals surface area (Å²) < 4.78 is 0.266. The first-order valence-corrected chi connectivity index (χ1v) is 8.54. The van der Waals surface area contributed by atoms with Crippen molar-refractivity contribution in [3.63, 3.8) is 0 Å². The van der Waals surface area contributed by atoms with E-state index in [9.17, 15) is 4.79 Å². The minimum atomic E-state index is 0.133. The van der Waals surface area contributed by atoms with Crippen molar-refractivity contribution in [1.29, 1.82) is 0 Å². The lowest BCUT2D eigenvalue weighted by atomic mass is 10.1. The van der Waals surface area contributed by atoms with Crippen LogP contribution in [0, 0.1) is 11.8 Å². The number of carbonyl (C=O) groups is 1. The molecule has 0 unspecified atom stereocenters. The average Bonchev–Trinajstić information content (AvgIpc) is 2.80. The molecule has 20 heavy (non-hydrogen) atoms. The Morgan fingerprint density at radius 1 is 1.45 bits per heavy atom. The van der Waals surface area contributed by atoms with Gasteiger partial charge >= 0.3 is 0 Å². The number of nitrogens with zero attached hydrogens (tertiary/aromatic N) is 1. The van der Waals surface area contributed by atoms with Gasteiger partial charge in [0.25, 0.3) is 5.91 Å². The highest BCUT2D eigenvalue weighted by Gasteiger charge is 2.26. The largest absolute Gasteiger partial charge is 0.337 e. The van der Waals surface area contributed by atoms with Crippen molar-refractivity contribution in [2.45, 2.75) is 25.0 Å². The molecule has 0 saturated carbocycles. The van der Waals surface area contributed by atoms with Crippen molar-refractivity contribution in [3.8, 4) is 11.8 Å². The summed E-state index contributed by atoms with van der Waals surface area (Å²) in [6.45, 7) is 6.50. The molecule has 108 valence electrons. The van der Waals surface area contributed by atoms with Crippen LogP contribution < -0.4 is 5.73 Å². The molecule has 1 aromatic rings. The monoisotopic (exact) mass is 308 g/mol. The SMILES string of the molecule is CC1(C)CCN(C(=O)c2ccc(C#CCN)s2)CCS1. The second kappa shape index (κ2) is 6.66. The summed E-state index contributed by atoms with van der Waals surface area (Å²) in [4.78, 5) is 16.2. The van der Waals surface area contributed by atoms with Crippen LogP contribution in [0.15, 0.2) is 12.1 Å². The molecule has 1 aliphatic heterocycles. The third-order valence-electron chi connectivity index (χ3n) is 3.26. The summed E-state index contributed by atoms with van der Waals surface area (Å²) in [5, 5.41) is 0. The lowest BCUT2D eigenvalue weighted by molar-refractivity contribution is 0.0769. The molecule has 1 amide bonds. The van der Waals surface area contributed by atoms with Crippen LogP contribution in [0.3, 0.4) is 0 Å². The summed E-state index contributed by atoms with van der Waals surface area (Å²) in [5.41, 5.74) is 5.36. The van der Waals surface area contributed by atoms with Gasteiger partial charge in [0.05, 0.1) is 16.3 Å². The molecule has 0 spiro atoms. The second-order valence-electron chi connectivity index (χ2n) is 5.32. The van der Waals surface area contributed by atoms with Gasteiger partial charge in [0.2, 0.25) is 0 Å². The highest BCUT2D eigenvalue weighted by Crippen LogP contribution is 2.31. The van der Waals surface area contributed by atoms with Gasteiger partial charge in [0, 0.05) is 23.6 Å². The Kier molecular flexibility index (Phi) is 5.14. The summed E-state index contributed by atoms with van der Waals surface area (Å²) in [6.07, 6.45) is 1.04. The van der Waals surface area contributed by atoms with Crippen molar-refractivity contribution in [2.24, 2.45) is 5.73 Å². The van der Waals surface area contributed by atoms with E-state index >= 15 is 0 Å². The van der Waals surface area contributed by atoms with E-state index in [1.54, 1.807) is 0 Å². The van der Waals surface area contributed by atoms with Gasteiger partial charge in [-0.15, -0.1) is 11.3 Å². The highest BCUT2D eigenvalue weighted by molar-refractivity contribution is 8.00. The number of hydrogen-bond donors (Lipinski definition) is 1. The number of thiophene rings is 1. The zero-order valence-electron chi connectivity index (χ0n) is 11.9. The summed E-state index contributed by atoms with van der Waals surface area (Å²) in [6, 6.07) is 3.77. The minimum Gasteiger partial charge on any atom is -0.337 e. The molecule has 1 saturated heterocycles. The lowest BCUT2D eigenvalue weighted by Crippen LogP contribution is -2.33. The first kappa shape index (κ1) is 15.4. The van der Waals surface area contributed by atoms with Crippen molar-refractivity contribution in [3.05, 3.63) is 21.9 Å². The van der Waals surface area contributed by atoms with Crippen molar-refractivity contribution >= 4 is 29.0 Å². The molecular weight excluding hydrogens is 288 g/mol. The molecule has 2 rings (SSSR count). The van der Waals surface area contributed by atoms with Crippen molar-refractivity contribution in [1.82, 2.24) is 4.90 Å². The Morgan fingerprint density at radius 2 is 2.25 bits per heavy atom. The average molecular weight is 308 g/mol. The first-order valence-electron chi connectivity index (χ1n) is 6.74. The quantitative estimate of drug-likeness (QED) is 0.811. The van der Waals surface area contributed by atoms with Crippen LogP contribution in [0.5, 0.6) is 0 Å². The van der Waals surface area contributed by atoms with Crippen LogP contribution in [0.4, 0.5) is 0 Å². The Balaban J connectivity index is 2.05. The van der Waals surface area contributed by atoms with Crippen LogP contribution in [0.2, 0.25) is 0 Å². The number of amides is 1. The number of thioether (sulfide) groups is 1. The number of carbonyl (C=O) groups excluding carboxylic acids is 1. The molecule has 5 heteroatoms. The number of hydrogen-bond acceptors (Lipinski definition) is 4.